The SMILES string of the molecule is CCCCCCCCCCC(=O)OC[C@H](COP(=O)(O)OC[C@H](O)COP(=O)(O)OC[C@@H](COC(=O)CCCCCCCCCCC(C)CC)OC(=O)CCCCCCCCCCCCCCCCCCCCC(C)C)OC(=O)CCCCCCCCCC. The van der Waals surface area contributed by atoms with Crippen molar-refractivity contribution >= 4 is 39.5 Å². The van der Waals surface area contributed by atoms with Crippen molar-refractivity contribution in [1.29, 1.82) is 0 Å². The van der Waals surface area contributed by atoms with Crippen LogP contribution in [0.1, 0.15) is 356 Å². The predicted octanol–water partition coefficient (Wildman–Crippen LogP) is 20.0. The van der Waals surface area contributed by atoms with Gasteiger partial charge in [-0.25, -0.2) is 9.13 Å². The molecule has 0 amide bonds. The number of aliphatic hydroxyl groups is 1. The molecule has 3 unspecified atom stereocenters. The van der Waals surface area contributed by atoms with Crippen LogP contribution in [0.3, 0.4) is 0 Å². The highest BCUT2D eigenvalue weighted by atomic mass is 31.2. The molecule has 0 rings (SSSR count). The molecule has 89 heavy (non-hydrogen) atoms. The summed E-state index contributed by atoms with van der Waals surface area (Å²) in [6.45, 7) is 9.53. The maximum Gasteiger partial charge on any atom is 0.472 e. The molecule has 0 aliphatic heterocycles. The molecule has 0 saturated heterocycles. The zero-order valence-corrected chi connectivity index (χ0v) is 59.5. The van der Waals surface area contributed by atoms with Gasteiger partial charge in [-0.15, -0.1) is 0 Å². The summed E-state index contributed by atoms with van der Waals surface area (Å²) in [6, 6.07) is 0. The first-order chi connectivity index (χ1) is 42.9. The molecule has 6 atom stereocenters. The molecule has 0 bridgehead atoms. The highest BCUT2D eigenvalue weighted by molar-refractivity contribution is 7.47. The van der Waals surface area contributed by atoms with Crippen LogP contribution in [0.5, 0.6) is 0 Å². The molecule has 0 aromatic rings. The Bertz CT molecular complexity index is 1740. The van der Waals surface area contributed by atoms with Crippen LogP contribution in [0, 0.1) is 11.8 Å². The van der Waals surface area contributed by atoms with Crippen molar-refractivity contribution in [3.63, 3.8) is 0 Å². The molecule has 0 aliphatic rings. The smallest absolute Gasteiger partial charge is 0.462 e. The number of hydrogen-bond donors (Lipinski definition) is 3. The normalized spacial score (nSPS) is 14.4. The van der Waals surface area contributed by atoms with E-state index < -0.39 is 97.5 Å². The van der Waals surface area contributed by atoms with Gasteiger partial charge in [-0.2, -0.15) is 0 Å². The summed E-state index contributed by atoms with van der Waals surface area (Å²) in [4.78, 5) is 72.3. The van der Waals surface area contributed by atoms with Crippen molar-refractivity contribution in [2.24, 2.45) is 11.8 Å². The summed E-state index contributed by atoms with van der Waals surface area (Å²) in [5.74, 6) is -0.533. The van der Waals surface area contributed by atoms with Crippen LogP contribution < -0.4 is 0 Å². The molecule has 0 saturated carbocycles. The second-order valence-corrected chi connectivity index (χ2v) is 28.9. The van der Waals surface area contributed by atoms with E-state index in [4.69, 9.17) is 37.0 Å². The van der Waals surface area contributed by atoms with E-state index in [0.29, 0.717) is 25.7 Å². The topological polar surface area (TPSA) is 237 Å². The van der Waals surface area contributed by atoms with E-state index in [9.17, 15) is 43.2 Å². The average Bonchev–Trinajstić information content (AvgIpc) is 3.53. The molecule has 3 N–H and O–H groups in total. The quantitative estimate of drug-likeness (QED) is 0.0222. The molecule has 17 nitrogen and oxygen atoms in total. The number of rotatable bonds is 69. The van der Waals surface area contributed by atoms with Crippen molar-refractivity contribution < 1.29 is 80.2 Å². The lowest BCUT2D eigenvalue weighted by Crippen LogP contribution is -2.30. The molecule has 0 aromatic carbocycles. The highest BCUT2D eigenvalue weighted by Crippen LogP contribution is 2.45. The lowest BCUT2D eigenvalue weighted by atomic mass is 9.99. The third-order valence-electron chi connectivity index (χ3n) is 16.6. The maximum absolute atomic E-state index is 13.0. The van der Waals surface area contributed by atoms with Gasteiger partial charge in [0.25, 0.3) is 0 Å². The third kappa shape index (κ3) is 63.2. The summed E-state index contributed by atoms with van der Waals surface area (Å²) in [5.41, 5.74) is 0. The fourth-order valence-electron chi connectivity index (χ4n) is 10.6. The number of esters is 4. The molecule has 0 heterocycles. The Hall–Kier alpha value is -1.94. The minimum atomic E-state index is -4.95. The van der Waals surface area contributed by atoms with Crippen LogP contribution in [-0.2, 0) is 65.4 Å². The minimum absolute atomic E-state index is 0.105. The van der Waals surface area contributed by atoms with E-state index in [1.807, 2.05) is 0 Å². The summed E-state index contributed by atoms with van der Waals surface area (Å²) >= 11 is 0. The standard InChI is InChI=1S/C70H136O17P2/c1-7-10-12-14-16-34-40-46-52-67(72)80-58-65(86-69(74)54-48-42-35-17-15-13-11-8-2)60-84-88(76,77)82-56-64(71)57-83-89(78,79)85-61-66(59-81-68(73)53-47-41-36-31-30-33-39-45-51-63(6)9-3)87-70(75)55-49-43-37-29-27-25-23-21-19-18-20-22-24-26-28-32-38-44-50-62(4)5/h62-66,71H,7-61H2,1-6H3,(H,76,77)(H,78,79)/t63?,64-,65+,66+/m0/s1. The Kier molecular flexibility index (Phi) is 60.8. The van der Waals surface area contributed by atoms with Gasteiger partial charge in [-0.05, 0) is 37.5 Å². The number of phosphoric acid groups is 2. The average molecular weight is 1310 g/mol. The first-order valence-electron chi connectivity index (χ1n) is 36.5. The monoisotopic (exact) mass is 1310 g/mol. The Balaban J connectivity index is 5.13. The van der Waals surface area contributed by atoms with Gasteiger partial charge in [0.15, 0.2) is 12.2 Å². The number of carbonyl (C=O) groups is 4. The Labute approximate surface area is 543 Å². The van der Waals surface area contributed by atoms with Crippen molar-refractivity contribution in [3.05, 3.63) is 0 Å². The Morgan fingerprint density at radius 2 is 0.573 bits per heavy atom. The zero-order chi connectivity index (χ0) is 65.7. The van der Waals surface area contributed by atoms with Crippen LogP contribution in [0.15, 0.2) is 0 Å². The molecule has 0 aromatic heterocycles. The van der Waals surface area contributed by atoms with Gasteiger partial charge in [0, 0.05) is 25.7 Å². The molecule has 19 heteroatoms. The lowest BCUT2D eigenvalue weighted by molar-refractivity contribution is -0.161. The molecule has 0 radical (unpaired) electrons. The molecule has 0 fully saturated rings. The maximum atomic E-state index is 13.0. The summed E-state index contributed by atoms with van der Waals surface area (Å²) in [6.07, 6.45) is 47.4. The number of ether oxygens (including phenoxy) is 4. The van der Waals surface area contributed by atoms with E-state index >= 15 is 0 Å². The number of phosphoric ester groups is 2. The van der Waals surface area contributed by atoms with Crippen LogP contribution >= 0.6 is 15.6 Å². The Morgan fingerprint density at radius 3 is 0.854 bits per heavy atom. The number of carbonyl (C=O) groups excluding carboxylic acids is 4. The van der Waals surface area contributed by atoms with E-state index in [2.05, 4.69) is 41.5 Å². The van der Waals surface area contributed by atoms with E-state index in [1.54, 1.807) is 0 Å². The van der Waals surface area contributed by atoms with Gasteiger partial charge >= 0.3 is 39.5 Å². The molecule has 0 spiro atoms. The number of aliphatic hydroxyl groups excluding tert-OH is 1. The van der Waals surface area contributed by atoms with Crippen molar-refractivity contribution in [3.8, 4) is 0 Å². The first-order valence-corrected chi connectivity index (χ1v) is 39.5. The molecular weight excluding hydrogens is 1170 g/mol. The van der Waals surface area contributed by atoms with Crippen LogP contribution in [0.4, 0.5) is 0 Å². The van der Waals surface area contributed by atoms with Gasteiger partial charge in [0.05, 0.1) is 26.4 Å². The fourth-order valence-corrected chi connectivity index (χ4v) is 12.1. The number of unbranched alkanes of at least 4 members (excludes halogenated alkanes) is 38. The summed E-state index contributed by atoms with van der Waals surface area (Å²) in [7, 11) is -9.89. The summed E-state index contributed by atoms with van der Waals surface area (Å²) < 4.78 is 68.1. The third-order valence-corrected chi connectivity index (χ3v) is 18.5. The van der Waals surface area contributed by atoms with Crippen molar-refractivity contribution in [1.82, 2.24) is 0 Å². The Morgan fingerprint density at radius 1 is 0.326 bits per heavy atom. The zero-order valence-electron chi connectivity index (χ0n) is 57.7. The lowest BCUT2D eigenvalue weighted by Gasteiger charge is -2.21. The van der Waals surface area contributed by atoms with Crippen molar-refractivity contribution in [2.45, 2.75) is 374 Å². The molecular formula is C70H136O17P2. The fraction of sp³-hybridized carbons (Fsp3) is 0.943. The summed E-state index contributed by atoms with van der Waals surface area (Å²) in [5, 5.41) is 10.6. The van der Waals surface area contributed by atoms with Gasteiger partial charge in [-0.3, -0.25) is 37.3 Å². The van der Waals surface area contributed by atoms with E-state index in [-0.39, 0.29) is 25.7 Å². The van der Waals surface area contributed by atoms with Gasteiger partial charge in [0.2, 0.25) is 0 Å². The molecule has 528 valence electrons. The first kappa shape index (κ1) is 87.1. The van der Waals surface area contributed by atoms with Gasteiger partial charge < -0.3 is 33.8 Å². The predicted molar refractivity (Wildman–Crippen MR) is 358 cm³/mol. The van der Waals surface area contributed by atoms with Crippen molar-refractivity contribution in [2.75, 3.05) is 39.6 Å². The second-order valence-electron chi connectivity index (χ2n) is 26.0. The van der Waals surface area contributed by atoms with Gasteiger partial charge in [0.1, 0.15) is 19.3 Å². The van der Waals surface area contributed by atoms with Crippen LogP contribution in [-0.4, -0.2) is 96.7 Å². The minimum Gasteiger partial charge on any atom is -0.462 e. The van der Waals surface area contributed by atoms with E-state index in [1.165, 1.54) is 161 Å². The van der Waals surface area contributed by atoms with Gasteiger partial charge in [-0.1, -0.05) is 305 Å². The van der Waals surface area contributed by atoms with Crippen LogP contribution in [0.25, 0.3) is 0 Å². The second kappa shape index (κ2) is 62.2. The highest BCUT2D eigenvalue weighted by Gasteiger charge is 2.30. The van der Waals surface area contributed by atoms with E-state index in [0.717, 1.165) is 115 Å². The van der Waals surface area contributed by atoms with Crippen LogP contribution in [0.2, 0.25) is 0 Å². The largest absolute Gasteiger partial charge is 0.472 e. The molecule has 0 aliphatic carbocycles. The number of hydrogen-bond acceptors (Lipinski definition) is 15.